The van der Waals surface area contributed by atoms with Gasteiger partial charge < -0.3 is 14.5 Å². The van der Waals surface area contributed by atoms with E-state index >= 15 is 0 Å². The van der Waals surface area contributed by atoms with Crippen LogP contribution in [0.3, 0.4) is 0 Å². The maximum absolute atomic E-state index is 5.60. The molecule has 1 aromatic carbocycles. The second kappa shape index (κ2) is 4.18. The smallest absolute Gasteiger partial charge is 0.178 e. The zero-order valence-corrected chi connectivity index (χ0v) is 12.0. The van der Waals surface area contributed by atoms with Gasteiger partial charge in [-0.15, -0.1) is 0 Å². The van der Waals surface area contributed by atoms with Crippen molar-refractivity contribution in [3.63, 3.8) is 0 Å². The van der Waals surface area contributed by atoms with E-state index in [-0.39, 0.29) is 0 Å². The Morgan fingerprint density at radius 2 is 2.05 bits per heavy atom. The predicted molar refractivity (Wildman–Crippen MR) is 80.1 cm³/mol. The Bertz CT molecular complexity index is 676. The number of piperidine rings is 3. The summed E-state index contributed by atoms with van der Waals surface area (Å²) in [7, 11) is 0. The molecule has 4 heterocycles. The van der Waals surface area contributed by atoms with Crippen molar-refractivity contribution in [1.82, 2.24) is 14.5 Å². The van der Waals surface area contributed by atoms with E-state index in [1.54, 1.807) is 0 Å². The Balaban J connectivity index is 1.89. The Morgan fingerprint density at radius 3 is 2.74 bits per heavy atom. The molecule has 2 aromatic rings. The van der Waals surface area contributed by atoms with Gasteiger partial charge in [-0.2, -0.15) is 0 Å². The lowest BCUT2D eigenvalue weighted by Gasteiger charge is -2.45. The first-order valence-electron chi connectivity index (χ1n) is 7.16. The van der Waals surface area contributed by atoms with Gasteiger partial charge in [0.25, 0.3) is 0 Å². The molecule has 0 radical (unpaired) electrons. The highest BCUT2D eigenvalue weighted by Crippen LogP contribution is 2.37. The van der Waals surface area contributed by atoms with Crippen LogP contribution in [0.1, 0.15) is 24.4 Å². The van der Waals surface area contributed by atoms with Crippen LogP contribution in [-0.2, 0) is 0 Å². The number of aromatic amines is 1. The van der Waals surface area contributed by atoms with Gasteiger partial charge in [-0.05, 0) is 62.6 Å². The molecule has 3 nitrogen and oxygen atoms in total. The summed E-state index contributed by atoms with van der Waals surface area (Å²) in [4.78, 5) is 6.00. The van der Waals surface area contributed by atoms with Crippen LogP contribution < -0.4 is 0 Å². The van der Waals surface area contributed by atoms with Crippen LogP contribution in [0.4, 0.5) is 0 Å². The molecule has 19 heavy (non-hydrogen) atoms. The number of hydrogen-bond donors (Lipinski definition) is 1. The molecule has 1 N–H and O–H groups in total. The summed E-state index contributed by atoms with van der Waals surface area (Å²) in [5, 5.41) is 0. The Kier molecular flexibility index (Phi) is 2.57. The topological polar surface area (TPSA) is 24.0 Å². The van der Waals surface area contributed by atoms with Gasteiger partial charge in [0.2, 0.25) is 0 Å². The van der Waals surface area contributed by atoms with Crippen LogP contribution >= 0.6 is 12.2 Å². The third-order valence-corrected chi connectivity index (χ3v) is 5.21. The fourth-order valence-corrected chi connectivity index (χ4v) is 4.18. The van der Waals surface area contributed by atoms with E-state index in [4.69, 9.17) is 12.2 Å². The van der Waals surface area contributed by atoms with Crippen molar-refractivity contribution < 1.29 is 0 Å². The number of aryl methyl sites for hydroxylation is 1. The number of nitrogens with zero attached hydrogens (tertiary/aromatic N) is 2. The van der Waals surface area contributed by atoms with Crippen molar-refractivity contribution >= 4 is 23.3 Å². The average Bonchev–Trinajstić information content (AvgIpc) is 2.78. The van der Waals surface area contributed by atoms with Crippen molar-refractivity contribution in [1.29, 1.82) is 0 Å². The zero-order valence-electron chi connectivity index (χ0n) is 11.2. The van der Waals surface area contributed by atoms with Crippen molar-refractivity contribution in [2.24, 2.45) is 5.92 Å². The molecule has 3 aliphatic rings. The van der Waals surface area contributed by atoms with E-state index in [0.717, 1.165) is 10.7 Å². The molecule has 100 valence electrons. The van der Waals surface area contributed by atoms with Crippen LogP contribution in [0.15, 0.2) is 18.2 Å². The average molecular weight is 273 g/mol. The van der Waals surface area contributed by atoms with E-state index in [1.807, 2.05) is 0 Å². The van der Waals surface area contributed by atoms with Gasteiger partial charge in [0.05, 0.1) is 17.1 Å². The summed E-state index contributed by atoms with van der Waals surface area (Å²) >= 11 is 5.60. The lowest BCUT2D eigenvalue weighted by atomic mass is 9.84. The van der Waals surface area contributed by atoms with Gasteiger partial charge in [0, 0.05) is 6.54 Å². The summed E-state index contributed by atoms with van der Waals surface area (Å²) in [6.45, 7) is 5.86. The van der Waals surface area contributed by atoms with E-state index in [2.05, 4.69) is 39.6 Å². The number of rotatable bonds is 1. The second-order valence-corrected chi connectivity index (χ2v) is 6.36. The van der Waals surface area contributed by atoms with E-state index in [0.29, 0.717) is 6.04 Å². The van der Waals surface area contributed by atoms with Gasteiger partial charge in [-0.3, -0.25) is 0 Å². The molecule has 0 saturated carbocycles. The monoisotopic (exact) mass is 273 g/mol. The molecule has 5 rings (SSSR count). The minimum Gasteiger partial charge on any atom is -0.330 e. The standard InChI is InChI=1S/C15H19N3S/c1-10-3-2-4-12-14(10)16-15(19)18(12)13-9-17-7-5-11(13)6-8-17/h2-4,11,13H,5-9H2,1H3,(H,16,19). The fourth-order valence-electron chi connectivity index (χ4n) is 3.85. The van der Waals surface area contributed by atoms with Crippen LogP contribution in [0.5, 0.6) is 0 Å². The number of imidazole rings is 1. The SMILES string of the molecule is Cc1cccc2c1[nH]c(=S)n2C1CN2CCC1CC2. The largest absolute Gasteiger partial charge is 0.330 e. The summed E-state index contributed by atoms with van der Waals surface area (Å²) in [5.74, 6) is 0.802. The summed E-state index contributed by atoms with van der Waals surface area (Å²) in [5.41, 5.74) is 3.77. The molecule has 1 unspecified atom stereocenters. The first-order valence-corrected chi connectivity index (χ1v) is 7.57. The van der Waals surface area contributed by atoms with Gasteiger partial charge >= 0.3 is 0 Å². The minimum atomic E-state index is 0.561. The first kappa shape index (κ1) is 11.7. The minimum absolute atomic E-state index is 0.561. The molecule has 3 saturated heterocycles. The van der Waals surface area contributed by atoms with Crippen LogP contribution in [0.2, 0.25) is 0 Å². The molecule has 4 heteroatoms. The first-order chi connectivity index (χ1) is 9.24. The van der Waals surface area contributed by atoms with Crippen molar-refractivity contribution in [3.8, 4) is 0 Å². The van der Waals surface area contributed by atoms with Gasteiger partial charge in [0.15, 0.2) is 4.77 Å². The van der Waals surface area contributed by atoms with E-state index in [9.17, 15) is 0 Å². The molecule has 0 amide bonds. The highest BCUT2D eigenvalue weighted by molar-refractivity contribution is 7.71. The number of benzene rings is 1. The van der Waals surface area contributed by atoms with Crippen LogP contribution in [-0.4, -0.2) is 34.1 Å². The number of H-pyrrole nitrogens is 1. The zero-order chi connectivity index (χ0) is 13.0. The summed E-state index contributed by atoms with van der Waals surface area (Å²) < 4.78 is 3.27. The summed E-state index contributed by atoms with van der Waals surface area (Å²) in [6.07, 6.45) is 2.65. The number of para-hydroxylation sites is 1. The number of fused-ring (bicyclic) bond motifs is 4. The molecule has 0 spiro atoms. The Hall–Kier alpha value is -1.13. The highest BCUT2D eigenvalue weighted by atomic mass is 32.1. The highest BCUT2D eigenvalue weighted by Gasteiger charge is 2.36. The van der Waals surface area contributed by atoms with Crippen molar-refractivity contribution in [2.45, 2.75) is 25.8 Å². The van der Waals surface area contributed by atoms with E-state index < -0.39 is 0 Å². The van der Waals surface area contributed by atoms with Crippen LogP contribution in [0.25, 0.3) is 11.0 Å². The lowest BCUT2D eigenvalue weighted by molar-refractivity contribution is 0.0582. The molecule has 3 aliphatic heterocycles. The van der Waals surface area contributed by atoms with Gasteiger partial charge in [-0.1, -0.05) is 12.1 Å². The quantitative estimate of drug-likeness (QED) is 0.806. The molecular formula is C15H19N3S. The normalized spacial score (nSPS) is 30.1. The fraction of sp³-hybridized carbons (Fsp3) is 0.533. The second-order valence-electron chi connectivity index (χ2n) is 5.97. The molecule has 2 bridgehead atoms. The summed E-state index contributed by atoms with van der Waals surface area (Å²) in [6, 6.07) is 7.05. The molecular weight excluding hydrogens is 254 g/mol. The molecule has 1 atom stereocenters. The predicted octanol–water partition coefficient (Wildman–Crippen LogP) is 3.27. The van der Waals surface area contributed by atoms with Gasteiger partial charge in [-0.25, -0.2) is 0 Å². The molecule has 0 aliphatic carbocycles. The van der Waals surface area contributed by atoms with E-state index in [1.165, 1.54) is 49.1 Å². The maximum atomic E-state index is 5.60. The third-order valence-electron chi connectivity index (χ3n) is 4.91. The van der Waals surface area contributed by atoms with Crippen molar-refractivity contribution in [3.05, 3.63) is 28.5 Å². The maximum Gasteiger partial charge on any atom is 0.178 e. The number of hydrogen-bond acceptors (Lipinski definition) is 2. The molecule has 1 aromatic heterocycles. The van der Waals surface area contributed by atoms with Crippen LogP contribution in [0, 0.1) is 17.6 Å². The molecule has 3 fully saturated rings. The number of nitrogens with one attached hydrogen (secondary N) is 1. The Labute approximate surface area is 118 Å². The van der Waals surface area contributed by atoms with Crippen molar-refractivity contribution in [2.75, 3.05) is 19.6 Å². The van der Waals surface area contributed by atoms with Gasteiger partial charge in [0.1, 0.15) is 0 Å². The lowest BCUT2D eigenvalue weighted by Crippen LogP contribution is -2.48. The third kappa shape index (κ3) is 1.70. The Morgan fingerprint density at radius 1 is 1.26 bits per heavy atom. The number of aromatic nitrogens is 2.